The number of likely N-dealkylation sites (tertiary alicyclic amines) is 1. The quantitative estimate of drug-likeness (QED) is 0.0452. The van der Waals surface area contributed by atoms with Crippen molar-refractivity contribution < 1.29 is 72.0 Å². The minimum absolute atomic E-state index is 0.0296. The molecule has 3 aliphatic rings. The van der Waals surface area contributed by atoms with E-state index in [0.717, 1.165) is 24.2 Å². The molecule has 0 saturated carbocycles. The van der Waals surface area contributed by atoms with Gasteiger partial charge in [0.25, 0.3) is 11.8 Å². The maximum absolute atomic E-state index is 14.8. The van der Waals surface area contributed by atoms with Crippen LogP contribution in [0.4, 0.5) is 15.3 Å². The molecule has 12 atom stereocenters. The number of carbonyl (C=O) groups excluding carboxylic acids is 9. The molecule has 476 valence electrons. The van der Waals surface area contributed by atoms with Gasteiger partial charge < -0.3 is 65.7 Å². The number of likely N-dealkylation sites (N-methyl/N-ethyl adjacent to an activating group) is 2. The topological polar surface area (TPSA) is 307 Å². The first-order valence-corrected chi connectivity index (χ1v) is 30.0. The second-order valence-corrected chi connectivity index (χ2v) is 23.5. The molecule has 2 aromatic carbocycles. The first-order chi connectivity index (χ1) is 40.8. The highest BCUT2D eigenvalue weighted by Crippen LogP contribution is 2.31. The Bertz CT molecular complexity index is 2660. The molecule has 0 bridgehead atoms. The van der Waals surface area contributed by atoms with Gasteiger partial charge in [-0.2, -0.15) is 0 Å². The van der Waals surface area contributed by atoms with Crippen LogP contribution in [-0.4, -0.2) is 174 Å². The summed E-state index contributed by atoms with van der Waals surface area (Å²) >= 11 is 0. The van der Waals surface area contributed by atoms with Crippen molar-refractivity contribution in [1.82, 2.24) is 35.7 Å². The lowest BCUT2D eigenvalue weighted by atomic mass is 9.89. The van der Waals surface area contributed by atoms with Crippen molar-refractivity contribution in [1.29, 1.82) is 0 Å². The molecular formula is C62H93N9O15. The van der Waals surface area contributed by atoms with Crippen LogP contribution in [0.5, 0.6) is 5.75 Å². The summed E-state index contributed by atoms with van der Waals surface area (Å²) in [5.41, 5.74) is 7.43. The second kappa shape index (κ2) is 33.1. The van der Waals surface area contributed by atoms with Gasteiger partial charge in [0.1, 0.15) is 25.2 Å². The predicted octanol–water partition coefficient (Wildman–Crippen LogP) is 5.51. The number of allylic oxidation sites excluding steroid dienone is 1. The summed E-state index contributed by atoms with van der Waals surface area (Å²) in [6.45, 7) is 14.0. The molecule has 0 spiro atoms. The highest BCUT2D eigenvalue weighted by atomic mass is 16.7. The van der Waals surface area contributed by atoms with Crippen LogP contribution >= 0.6 is 0 Å². The van der Waals surface area contributed by atoms with E-state index in [1.54, 1.807) is 65.6 Å². The van der Waals surface area contributed by atoms with Gasteiger partial charge in [-0.15, -0.1) is 5.06 Å². The molecule has 7 N–H and O–H groups in total. The van der Waals surface area contributed by atoms with E-state index in [1.807, 2.05) is 44.2 Å². The monoisotopic (exact) mass is 1200 g/mol. The molecule has 2 aliphatic heterocycles. The average Bonchev–Trinajstić information content (AvgIpc) is 3.23. The average molecular weight is 1200 g/mol. The van der Waals surface area contributed by atoms with Crippen molar-refractivity contribution in [3.05, 3.63) is 71.8 Å². The van der Waals surface area contributed by atoms with Gasteiger partial charge in [0, 0.05) is 53.7 Å². The number of hydroxylamine groups is 2. The van der Waals surface area contributed by atoms with E-state index in [4.69, 9.17) is 29.5 Å². The van der Waals surface area contributed by atoms with Crippen LogP contribution in [0, 0.1) is 23.7 Å². The lowest BCUT2D eigenvalue weighted by Crippen LogP contribution is -2.60. The van der Waals surface area contributed by atoms with Crippen LogP contribution in [0.3, 0.4) is 0 Å². The van der Waals surface area contributed by atoms with Crippen molar-refractivity contribution in [3.63, 3.8) is 0 Å². The smallest absolute Gasteiger partial charge is 0.412 e. The first kappa shape index (κ1) is 69.6. The Morgan fingerprint density at radius 2 is 1.51 bits per heavy atom. The molecule has 0 radical (unpaired) electrons. The third-order valence-corrected chi connectivity index (χ3v) is 16.6. The van der Waals surface area contributed by atoms with Gasteiger partial charge in [-0.1, -0.05) is 110 Å². The van der Waals surface area contributed by atoms with E-state index in [0.29, 0.717) is 48.4 Å². The SMILES string of the molecule is CC[C@H](C)[C@@H]([C@@H](CC(=O)N1CCC[C@H]1[C@H](OC)[C@@H](C)C(=O)N[C@H](C)[C@@H](O)c1ccccc1)OC)N(C)C(=O)[C@@H](NC(=O)[C@H](C(C)C)N(C)C(=O)OCc1ccc(OC(=O)N[C@H]2CCCC/C=C/[C@@H]2N)c(NCC(=O)ON2C(=O)CCC2=O)c1)C(C)C. The zero-order chi connectivity index (χ0) is 63.5. The number of nitrogens with one attached hydrogen (secondary N) is 4. The number of aliphatic hydroxyl groups excluding tert-OH is 1. The molecule has 24 heteroatoms. The van der Waals surface area contributed by atoms with Gasteiger partial charge in [0.2, 0.25) is 23.6 Å². The molecule has 1 aliphatic carbocycles. The molecule has 2 heterocycles. The van der Waals surface area contributed by atoms with Crippen LogP contribution in [0.15, 0.2) is 60.7 Å². The normalized spacial score (nSPS) is 20.6. The number of hydrogen-bond acceptors (Lipinski definition) is 17. The second-order valence-electron chi connectivity index (χ2n) is 23.5. The molecule has 2 saturated heterocycles. The largest absolute Gasteiger partial charge is 0.445 e. The fraction of sp³-hybridized carbons (Fsp3) is 0.629. The Labute approximate surface area is 505 Å². The summed E-state index contributed by atoms with van der Waals surface area (Å²) in [4.78, 5) is 131. The molecular weight excluding hydrogens is 1110 g/mol. The number of nitrogens with zero attached hydrogens (tertiary/aromatic N) is 4. The van der Waals surface area contributed by atoms with E-state index in [2.05, 4.69) is 21.3 Å². The third kappa shape index (κ3) is 18.7. The number of imide groups is 1. The first-order valence-electron chi connectivity index (χ1n) is 30.0. The van der Waals surface area contributed by atoms with E-state index in [-0.39, 0.29) is 55.0 Å². The standard InChI is InChI=1S/C62H93N9O15/c1-13-38(6)55(48(82-11)33-51(74)70-31-21-26-46(70)57(83-12)39(7)58(77)65-40(8)56(76)42-22-17-16-18-23-42)68(9)60(79)53(36(2)3)67-59(78)54(37(4)5)69(10)62(81)84-35-41-27-28-47(85-61(80)66-44-25-20-15-14-19-24-43(44)63)45(32-41)64-34-52(75)86-71-49(72)29-30-50(71)73/h16-19,22-24,27-28,32,36-40,43-44,46,48,53-57,64,76H,13-15,20-21,25-26,29-31,33-35,63H2,1-12H3,(H,65,77)(H,66,80)(H,67,78)/b24-19+/t38-,39+,40+,43-,44-,46-,48+,53-,54-,55-,56+,57+/m0/s1. The van der Waals surface area contributed by atoms with Gasteiger partial charge in [0.05, 0.1) is 60.5 Å². The Kier molecular flexibility index (Phi) is 26.8. The minimum atomic E-state index is -1.13. The zero-order valence-electron chi connectivity index (χ0n) is 52.1. The van der Waals surface area contributed by atoms with Crippen molar-refractivity contribution in [2.45, 2.75) is 187 Å². The summed E-state index contributed by atoms with van der Waals surface area (Å²) in [6, 6.07) is 8.68. The fourth-order valence-electron chi connectivity index (χ4n) is 11.4. The molecule has 0 unspecified atom stereocenters. The summed E-state index contributed by atoms with van der Waals surface area (Å²) in [5, 5.41) is 22.9. The number of anilines is 1. The van der Waals surface area contributed by atoms with Crippen LogP contribution in [0.2, 0.25) is 0 Å². The lowest BCUT2D eigenvalue weighted by Gasteiger charge is -2.41. The van der Waals surface area contributed by atoms with Crippen molar-refractivity contribution in [2.75, 3.05) is 46.7 Å². The lowest BCUT2D eigenvalue weighted by molar-refractivity contribution is -0.196. The Morgan fingerprint density at radius 3 is 2.14 bits per heavy atom. The molecule has 86 heavy (non-hydrogen) atoms. The zero-order valence-corrected chi connectivity index (χ0v) is 52.1. The van der Waals surface area contributed by atoms with E-state index >= 15 is 0 Å². The van der Waals surface area contributed by atoms with E-state index < -0.39 is 127 Å². The Hall–Kier alpha value is -7.15. The fourth-order valence-corrected chi connectivity index (χ4v) is 11.4. The van der Waals surface area contributed by atoms with Crippen LogP contribution < -0.4 is 31.7 Å². The number of amides is 8. The number of carbonyl (C=O) groups is 9. The van der Waals surface area contributed by atoms with Crippen LogP contribution in [0.25, 0.3) is 0 Å². The van der Waals surface area contributed by atoms with Crippen LogP contribution in [0.1, 0.15) is 137 Å². The van der Waals surface area contributed by atoms with Crippen molar-refractivity contribution >= 4 is 59.3 Å². The summed E-state index contributed by atoms with van der Waals surface area (Å²) in [7, 11) is 6.04. The van der Waals surface area contributed by atoms with Crippen molar-refractivity contribution in [2.24, 2.45) is 29.4 Å². The van der Waals surface area contributed by atoms with Crippen molar-refractivity contribution in [3.8, 4) is 5.75 Å². The maximum Gasteiger partial charge on any atom is 0.412 e. The van der Waals surface area contributed by atoms with Gasteiger partial charge in [0.15, 0.2) is 5.75 Å². The van der Waals surface area contributed by atoms with Crippen LogP contribution in [-0.2, 0) is 59.2 Å². The number of benzene rings is 2. The summed E-state index contributed by atoms with van der Waals surface area (Å²) in [5.74, 6) is -5.77. The molecule has 8 amide bonds. The molecule has 2 aromatic rings. The molecule has 0 aromatic heterocycles. The van der Waals surface area contributed by atoms with Gasteiger partial charge in [-0.05, 0) is 80.0 Å². The Morgan fingerprint density at radius 1 is 0.826 bits per heavy atom. The number of hydrogen-bond donors (Lipinski definition) is 6. The summed E-state index contributed by atoms with van der Waals surface area (Å²) < 4.78 is 23.5. The Balaban J connectivity index is 1.26. The predicted molar refractivity (Wildman–Crippen MR) is 319 cm³/mol. The molecule has 2 fully saturated rings. The van der Waals surface area contributed by atoms with E-state index in [1.165, 1.54) is 44.4 Å². The summed E-state index contributed by atoms with van der Waals surface area (Å²) in [6.07, 6.45) is 4.53. The highest BCUT2D eigenvalue weighted by molar-refractivity contribution is 6.01. The number of methoxy groups -OCH3 is 2. The molecule has 5 rings (SSSR count). The van der Waals surface area contributed by atoms with E-state index in [9.17, 15) is 48.3 Å². The third-order valence-electron chi connectivity index (χ3n) is 16.6. The number of rotatable bonds is 28. The van der Waals surface area contributed by atoms with Gasteiger partial charge in [-0.3, -0.25) is 33.7 Å². The number of aliphatic hydroxyl groups is 1. The van der Waals surface area contributed by atoms with Gasteiger partial charge in [-0.25, -0.2) is 14.4 Å². The maximum atomic E-state index is 14.8. The number of ether oxygens (including phenoxy) is 4. The minimum Gasteiger partial charge on any atom is -0.445 e. The highest BCUT2D eigenvalue weighted by Gasteiger charge is 2.44. The van der Waals surface area contributed by atoms with Gasteiger partial charge >= 0.3 is 18.2 Å². The molecule has 24 nitrogen and oxygen atoms in total. The number of nitrogens with two attached hydrogens (primary N) is 1.